The number of hydrogen-bond donors (Lipinski definition) is 2. The highest BCUT2D eigenvalue weighted by Crippen LogP contribution is 2.51. The summed E-state index contributed by atoms with van der Waals surface area (Å²) in [6.45, 7) is 4.18. The molecule has 7 heteroatoms. The molecule has 1 aromatic heterocycles. The lowest BCUT2D eigenvalue weighted by molar-refractivity contribution is -0.118. The van der Waals surface area contributed by atoms with Gasteiger partial charge in [-0.05, 0) is 73.2 Å². The molecule has 2 amide bonds. The first-order valence-electron chi connectivity index (χ1n) is 10.9. The number of amides is 2. The molecule has 1 saturated carbocycles. The van der Waals surface area contributed by atoms with Gasteiger partial charge in [-0.15, -0.1) is 0 Å². The number of carbonyl (C=O) groups is 2. The van der Waals surface area contributed by atoms with Gasteiger partial charge < -0.3 is 20.1 Å². The minimum absolute atomic E-state index is 0. The van der Waals surface area contributed by atoms with Crippen LogP contribution < -0.4 is 20.1 Å². The fourth-order valence-corrected chi connectivity index (χ4v) is 4.26. The minimum Gasteiger partial charge on any atom is -0.454 e. The zero-order chi connectivity index (χ0) is 23.2. The predicted molar refractivity (Wildman–Crippen MR) is 129 cm³/mol. The quantitative estimate of drug-likeness (QED) is 0.596. The van der Waals surface area contributed by atoms with Crippen molar-refractivity contribution in [2.45, 2.75) is 32.1 Å². The molecule has 0 atom stereocenters. The van der Waals surface area contributed by atoms with Crippen LogP contribution in [0.1, 0.15) is 42.7 Å². The van der Waals surface area contributed by atoms with Crippen molar-refractivity contribution in [1.29, 1.82) is 0 Å². The Morgan fingerprint density at radius 2 is 1.73 bits per heavy atom. The molecule has 0 spiro atoms. The first kappa shape index (κ1) is 21.0. The highest BCUT2D eigenvalue weighted by Gasteiger charge is 2.52. The number of fused-ring (bicyclic) bond motifs is 1. The molecule has 33 heavy (non-hydrogen) atoms. The van der Waals surface area contributed by atoms with Gasteiger partial charge in [0.2, 0.25) is 12.7 Å². The van der Waals surface area contributed by atoms with Gasteiger partial charge in [-0.1, -0.05) is 18.2 Å². The van der Waals surface area contributed by atoms with Crippen molar-refractivity contribution in [2.24, 2.45) is 0 Å². The number of benzene rings is 2. The van der Waals surface area contributed by atoms with Crippen LogP contribution in [0, 0.1) is 13.8 Å². The van der Waals surface area contributed by atoms with Crippen LogP contribution >= 0.6 is 0 Å². The molecule has 2 heterocycles. The molecule has 3 aromatic rings. The summed E-state index contributed by atoms with van der Waals surface area (Å²) >= 11 is 0. The van der Waals surface area contributed by atoms with Gasteiger partial charge in [0.25, 0.3) is 5.91 Å². The van der Waals surface area contributed by atoms with Gasteiger partial charge >= 0.3 is 0 Å². The Bertz CT molecular complexity index is 1270. The normalized spacial score (nSPS) is 15.1. The third-order valence-corrected chi connectivity index (χ3v) is 6.67. The summed E-state index contributed by atoms with van der Waals surface area (Å²) in [4.78, 5) is 29.6. The van der Waals surface area contributed by atoms with Crippen molar-refractivity contribution in [3.05, 3.63) is 70.9 Å². The summed E-state index contributed by atoms with van der Waals surface area (Å²) in [5, 5.41) is 5.68. The highest BCUT2D eigenvalue weighted by atomic mass is 16.7. The van der Waals surface area contributed by atoms with E-state index in [1.165, 1.54) is 0 Å². The van der Waals surface area contributed by atoms with E-state index in [1.807, 2.05) is 44.2 Å². The minimum atomic E-state index is -0.558. The standard InChI is InChI=1S/C26H25N3O4.2H2/c1-15-16(2)23(28-13-20(15)17-4-6-18(7-5-17)24(30)27-3)29-25(31)26(10-11-26)19-8-9-21-22(12-19)33-14-32-21;;/h4-9,12-13H,10-11,14H2,1-3H3,(H,27,30)(H,28,29,31);2*1H. The van der Waals surface area contributed by atoms with E-state index in [9.17, 15) is 9.59 Å². The van der Waals surface area contributed by atoms with Crippen LogP contribution in [0.15, 0.2) is 48.7 Å². The number of aromatic nitrogens is 1. The van der Waals surface area contributed by atoms with Crippen LogP contribution in [0.25, 0.3) is 11.1 Å². The number of nitrogens with zero attached hydrogens (tertiary/aromatic N) is 1. The Kier molecular flexibility index (Phi) is 5.04. The van der Waals surface area contributed by atoms with Gasteiger partial charge in [0.15, 0.2) is 11.5 Å². The third-order valence-electron chi connectivity index (χ3n) is 6.67. The molecule has 2 aliphatic rings. The van der Waals surface area contributed by atoms with Gasteiger partial charge in [0.05, 0.1) is 5.41 Å². The molecule has 0 saturated heterocycles. The van der Waals surface area contributed by atoms with Crippen molar-refractivity contribution in [1.82, 2.24) is 10.3 Å². The zero-order valence-corrected chi connectivity index (χ0v) is 18.8. The van der Waals surface area contributed by atoms with Crippen molar-refractivity contribution in [3.63, 3.8) is 0 Å². The number of pyridine rings is 1. The molecule has 2 aromatic carbocycles. The monoisotopic (exact) mass is 447 g/mol. The van der Waals surface area contributed by atoms with E-state index in [-0.39, 0.29) is 21.5 Å². The zero-order valence-electron chi connectivity index (χ0n) is 18.8. The summed E-state index contributed by atoms with van der Waals surface area (Å²) in [5.74, 6) is 1.78. The third kappa shape index (κ3) is 3.59. The molecule has 0 radical (unpaired) electrons. The largest absolute Gasteiger partial charge is 0.454 e. The second-order valence-electron chi connectivity index (χ2n) is 8.53. The molecular weight excluding hydrogens is 418 g/mol. The van der Waals surface area contributed by atoms with Crippen molar-refractivity contribution >= 4 is 17.6 Å². The molecule has 1 aliphatic carbocycles. The summed E-state index contributed by atoms with van der Waals surface area (Å²) in [7, 11) is 1.61. The van der Waals surface area contributed by atoms with Crippen LogP contribution in [0.3, 0.4) is 0 Å². The lowest BCUT2D eigenvalue weighted by Gasteiger charge is -2.18. The summed E-state index contributed by atoms with van der Waals surface area (Å²) < 4.78 is 10.9. The van der Waals surface area contributed by atoms with E-state index in [2.05, 4.69) is 15.6 Å². The topological polar surface area (TPSA) is 89.6 Å². The number of hydrogen-bond acceptors (Lipinski definition) is 5. The summed E-state index contributed by atoms with van der Waals surface area (Å²) in [6, 6.07) is 13.1. The SMILES string of the molecule is CNC(=O)c1ccc(-c2cnc(NC(=O)C3(c4ccc5c(c4)OCO5)CC3)c(C)c2C)cc1.[HH].[HH]. The number of ether oxygens (including phenoxy) is 2. The summed E-state index contributed by atoms with van der Waals surface area (Å²) in [5.41, 5.74) is 4.85. The van der Waals surface area contributed by atoms with Crippen LogP contribution in [0.5, 0.6) is 11.5 Å². The van der Waals surface area contributed by atoms with Gasteiger partial charge in [0.1, 0.15) is 5.82 Å². The number of rotatable bonds is 5. The first-order valence-corrected chi connectivity index (χ1v) is 10.9. The van der Waals surface area contributed by atoms with Crippen molar-refractivity contribution in [2.75, 3.05) is 19.2 Å². The molecule has 2 N–H and O–H groups in total. The van der Waals surface area contributed by atoms with E-state index < -0.39 is 5.41 Å². The van der Waals surface area contributed by atoms with E-state index in [0.717, 1.165) is 40.7 Å². The maximum absolute atomic E-state index is 13.3. The Morgan fingerprint density at radius 1 is 1.00 bits per heavy atom. The molecule has 0 unspecified atom stereocenters. The lowest BCUT2D eigenvalue weighted by Crippen LogP contribution is -2.28. The van der Waals surface area contributed by atoms with Crippen molar-refractivity contribution in [3.8, 4) is 22.6 Å². The van der Waals surface area contributed by atoms with Crippen LogP contribution in [0.4, 0.5) is 5.82 Å². The Balaban J connectivity index is 0.00000171. The molecular formula is C26H29N3O4. The second-order valence-corrected chi connectivity index (χ2v) is 8.53. The Hall–Kier alpha value is -3.87. The molecule has 1 aliphatic heterocycles. The molecule has 172 valence electrons. The number of carbonyl (C=O) groups excluding carboxylic acids is 2. The highest BCUT2D eigenvalue weighted by molar-refractivity contribution is 6.01. The predicted octanol–water partition coefficient (Wildman–Crippen LogP) is 4.62. The van der Waals surface area contributed by atoms with Gasteiger partial charge in [-0.25, -0.2) is 4.98 Å². The maximum Gasteiger partial charge on any atom is 0.251 e. The van der Waals surface area contributed by atoms with Crippen LogP contribution in [-0.4, -0.2) is 30.6 Å². The lowest BCUT2D eigenvalue weighted by atomic mass is 9.94. The maximum atomic E-state index is 13.3. The van der Waals surface area contributed by atoms with Gasteiger partial charge in [-0.2, -0.15) is 0 Å². The van der Waals surface area contributed by atoms with E-state index in [4.69, 9.17) is 9.47 Å². The number of nitrogens with one attached hydrogen (secondary N) is 2. The van der Waals surface area contributed by atoms with Gasteiger partial charge in [-0.3, -0.25) is 9.59 Å². The molecule has 7 nitrogen and oxygen atoms in total. The van der Waals surface area contributed by atoms with E-state index in [0.29, 0.717) is 22.9 Å². The second kappa shape index (κ2) is 7.92. The van der Waals surface area contributed by atoms with Crippen LogP contribution in [-0.2, 0) is 10.2 Å². The van der Waals surface area contributed by atoms with Crippen molar-refractivity contribution < 1.29 is 21.9 Å². The Labute approximate surface area is 195 Å². The average molecular weight is 448 g/mol. The fraction of sp³-hybridized carbons (Fsp3) is 0.269. The summed E-state index contributed by atoms with van der Waals surface area (Å²) in [6.07, 6.45) is 3.34. The molecule has 0 bridgehead atoms. The average Bonchev–Trinajstić information content (AvgIpc) is 3.52. The van der Waals surface area contributed by atoms with E-state index >= 15 is 0 Å². The fourth-order valence-electron chi connectivity index (χ4n) is 4.26. The van der Waals surface area contributed by atoms with E-state index in [1.54, 1.807) is 25.4 Å². The number of anilines is 1. The van der Waals surface area contributed by atoms with Crippen LogP contribution in [0.2, 0.25) is 0 Å². The molecule has 5 rings (SSSR count). The van der Waals surface area contributed by atoms with Gasteiger partial charge in [0, 0.05) is 27.2 Å². The first-order chi connectivity index (χ1) is 15.9. The smallest absolute Gasteiger partial charge is 0.251 e. The Morgan fingerprint density at radius 3 is 2.42 bits per heavy atom. The molecule has 1 fully saturated rings.